The predicted molar refractivity (Wildman–Crippen MR) is 46.7 cm³/mol. The topological polar surface area (TPSA) is 61.4 Å². The third kappa shape index (κ3) is 6.80. The number of hydrogen-bond acceptors (Lipinski definition) is 3. The average molecular weight is 194 g/mol. The second-order valence-electron chi connectivity index (χ2n) is 3.98. The van der Waals surface area contributed by atoms with Crippen LogP contribution in [0.1, 0.15) is 34.6 Å². The zero-order chi connectivity index (χ0) is 9.99. The van der Waals surface area contributed by atoms with Gasteiger partial charge in [-0.05, 0) is 34.6 Å². The highest BCUT2D eigenvalue weighted by molar-refractivity contribution is 7.49. The van der Waals surface area contributed by atoms with Gasteiger partial charge in [-0.1, -0.05) is 0 Å². The number of nitrogens with one attached hydrogen (secondary N) is 1. The maximum Gasteiger partial charge on any atom is 0.205 e. The standard InChI is InChI=1S/C7H18NO3P/c1-6(2)8-12(9,10)11-7(3,4)5/h6H,1-5H3,(H2,8,9,10)/p-1. The van der Waals surface area contributed by atoms with Crippen LogP contribution in [-0.2, 0) is 9.09 Å². The van der Waals surface area contributed by atoms with E-state index in [1.54, 1.807) is 34.6 Å². The van der Waals surface area contributed by atoms with Crippen molar-refractivity contribution in [2.75, 3.05) is 0 Å². The largest absolute Gasteiger partial charge is 0.766 e. The summed E-state index contributed by atoms with van der Waals surface area (Å²) in [5, 5.41) is 2.35. The molecular weight excluding hydrogens is 177 g/mol. The van der Waals surface area contributed by atoms with Crippen molar-refractivity contribution < 1.29 is 14.0 Å². The molecule has 0 fully saturated rings. The van der Waals surface area contributed by atoms with Crippen molar-refractivity contribution in [3.8, 4) is 0 Å². The van der Waals surface area contributed by atoms with Gasteiger partial charge in [0.15, 0.2) is 0 Å². The van der Waals surface area contributed by atoms with Gasteiger partial charge in [-0.3, -0.25) is 9.65 Å². The van der Waals surface area contributed by atoms with E-state index in [1.807, 2.05) is 0 Å². The minimum atomic E-state index is -3.87. The Morgan fingerprint density at radius 1 is 1.42 bits per heavy atom. The molecule has 0 spiro atoms. The maximum absolute atomic E-state index is 11.2. The second kappa shape index (κ2) is 3.88. The van der Waals surface area contributed by atoms with Gasteiger partial charge in [-0.2, -0.15) is 0 Å². The summed E-state index contributed by atoms with van der Waals surface area (Å²) >= 11 is 0. The normalized spacial score (nSPS) is 17.9. The smallest absolute Gasteiger partial charge is 0.205 e. The molecule has 0 aliphatic rings. The third-order valence-electron chi connectivity index (χ3n) is 0.810. The fourth-order valence-electron chi connectivity index (χ4n) is 0.703. The molecule has 0 aliphatic heterocycles. The quantitative estimate of drug-likeness (QED) is 0.687. The molecule has 1 atom stereocenters. The molecule has 0 saturated carbocycles. The Morgan fingerprint density at radius 2 is 1.83 bits per heavy atom. The molecule has 0 aromatic rings. The lowest BCUT2D eigenvalue weighted by Gasteiger charge is -2.32. The van der Waals surface area contributed by atoms with E-state index < -0.39 is 13.3 Å². The summed E-state index contributed by atoms with van der Waals surface area (Å²) in [7, 11) is -3.87. The summed E-state index contributed by atoms with van der Waals surface area (Å²) < 4.78 is 16.0. The van der Waals surface area contributed by atoms with Crippen LogP contribution in [0.4, 0.5) is 0 Å². The highest BCUT2D eigenvalue weighted by Gasteiger charge is 2.19. The Morgan fingerprint density at radius 3 is 2.08 bits per heavy atom. The molecule has 4 nitrogen and oxygen atoms in total. The van der Waals surface area contributed by atoms with Gasteiger partial charge in [0, 0.05) is 6.04 Å². The maximum atomic E-state index is 11.2. The minimum absolute atomic E-state index is 0.129. The molecule has 1 N–H and O–H groups in total. The summed E-state index contributed by atoms with van der Waals surface area (Å²) in [6.07, 6.45) is 0. The molecule has 0 heterocycles. The van der Waals surface area contributed by atoms with Gasteiger partial charge in [-0.25, -0.2) is 0 Å². The Balaban J connectivity index is 4.15. The van der Waals surface area contributed by atoms with Crippen LogP contribution in [0.5, 0.6) is 0 Å². The highest BCUT2D eigenvalue weighted by Crippen LogP contribution is 2.37. The van der Waals surface area contributed by atoms with Crippen molar-refractivity contribution in [1.82, 2.24) is 5.09 Å². The van der Waals surface area contributed by atoms with Crippen LogP contribution in [0.15, 0.2) is 0 Å². The van der Waals surface area contributed by atoms with Gasteiger partial charge < -0.3 is 9.42 Å². The van der Waals surface area contributed by atoms with Crippen LogP contribution >= 0.6 is 7.75 Å². The van der Waals surface area contributed by atoms with Gasteiger partial charge in [0.2, 0.25) is 7.75 Å². The molecule has 0 amide bonds. The van der Waals surface area contributed by atoms with E-state index in [2.05, 4.69) is 5.09 Å². The molecule has 0 radical (unpaired) electrons. The van der Waals surface area contributed by atoms with Crippen molar-refractivity contribution in [1.29, 1.82) is 0 Å². The summed E-state index contributed by atoms with van der Waals surface area (Å²) in [5.41, 5.74) is -0.667. The molecule has 0 aromatic heterocycles. The van der Waals surface area contributed by atoms with Crippen molar-refractivity contribution in [3.05, 3.63) is 0 Å². The summed E-state index contributed by atoms with van der Waals surface area (Å²) in [6, 6.07) is -0.129. The third-order valence-corrected chi connectivity index (χ3v) is 2.43. The van der Waals surface area contributed by atoms with Crippen molar-refractivity contribution in [3.63, 3.8) is 0 Å². The number of rotatable bonds is 3. The van der Waals surface area contributed by atoms with Crippen LogP contribution in [0.3, 0.4) is 0 Å². The van der Waals surface area contributed by atoms with Gasteiger partial charge >= 0.3 is 0 Å². The van der Waals surface area contributed by atoms with Crippen LogP contribution in [0.2, 0.25) is 0 Å². The second-order valence-corrected chi connectivity index (χ2v) is 5.42. The van der Waals surface area contributed by atoms with E-state index in [1.165, 1.54) is 0 Å². The molecule has 74 valence electrons. The molecule has 1 unspecified atom stereocenters. The summed E-state index contributed by atoms with van der Waals surface area (Å²) in [4.78, 5) is 11.2. The highest BCUT2D eigenvalue weighted by atomic mass is 31.2. The first-order valence-electron chi connectivity index (χ1n) is 3.92. The van der Waals surface area contributed by atoms with E-state index in [4.69, 9.17) is 4.52 Å². The Hall–Kier alpha value is 0.110. The van der Waals surface area contributed by atoms with E-state index >= 15 is 0 Å². The zero-order valence-electron chi connectivity index (χ0n) is 8.25. The molecule has 5 heteroatoms. The monoisotopic (exact) mass is 194 g/mol. The van der Waals surface area contributed by atoms with Crippen LogP contribution in [0, 0.1) is 0 Å². The first-order valence-corrected chi connectivity index (χ1v) is 5.46. The fraction of sp³-hybridized carbons (Fsp3) is 1.00. The average Bonchev–Trinajstić information content (AvgIpc) is 1.48. The van der Waals surface area contributed by atoms with Crippen molar-refractivity contribution in [2.24, 2.45) is 0 Å². The van der Waals surface area contributed by atoms with Gasteiger partial charge in [0.05, 0.1) is 5.60 Å². The molecule has 12 heavy (non-hydrogen) atoms. The molecule has 0 aromatic carbocycles. The van der Waals surface area contributed by atoms with Crippen LogP contribution < -0.4 is 9.98 Å². The Labute approximate surface area is 73.9 Å². The first kappa shape index (κ1) is 12.1. The zero-order valence-corrected chi connectivity index (χ0v) is 9.14. The predicted octanol–water partition coefficient (Wildman–Crippen LogP) is 1.27. The van der Waals surface area contributed by atoms with Gasteiger partial charge in [0.1, 0.15) is 0 Å². The van der Waals surface area contributed by atoms with E-state index in [9.17, 15) is 9.46 Å². The molecule has 0 saturated heterocycles. The van der Waals surface area contributed by atoms with E-state index in [0.717, 1.165) is 0 Å². The Kier molecular flexibility index (Phi) is 3.91. The summed E-state index contributed by atoms with van der Waals surface area (Å²) in [5.74, 6) is 0. The van der Waals surface area contributed by atoms with Crippen LogP contribution in [-0.4, -0.2) is 11.6 Å². The van der Waals surface area contributed by atoms with E-state index in [-0.39, 0.29) is 6.04 Å². The fourth-order valence-corrected chi connectivity index (χ4v) is 2.11. The lowest BCUT2D eigenvalue weighted by atomic mass is 10.2. The van der Waals surface area contributed by atoms with E-state index in [0.29, 0.717) is 0 Å². The molecule has 0 rings (SSSR count). The summed E-state index contributed by atoms with van der Waals surface area (Å²) in [6.45, 7) is 8.58. The Bertz CT molecular complexity index is 186. The lowest BCUT2D eigenvalue weighted by Crippen LogP contribution is -2.32. The molecule has 0 aliphatic carbocycles. The molecular formula is C7H17NO3P-. The van der Waals surface area contributed by atoms with Crippen LogP contribution in [0.25, 0.3) is 0 Å². The SMILES string of the molecule is CC(C)NP(=O)([O-])OC(C)(C)C. The van der Waals surface area contributed by atoms with Crippen molar-refractivity contribution in [2.45, 2.75) is 46.3 Å². The first-order chi connectivity index (χ1) is 5.12. The molecule has 0 bridgehead atoms. The van der Waals surface area contributed by atoms with Crippen molar-refractivity contribution >= 4 is 7.75 Å². The minimum Gasteiger partial charge on any atom is -0.766 e. The lowest BCUT2D eigenvalue weighted by molar-refractivity contribution is -0.210. The van der Waals surface area contributed by atoms with Gasteiger partial charge in [0.25, 0.3) is 0 Å². The van der Waals surface area contributed by atoms with Gasteiger partial charge in [-0.15, -0.1) is 0 Å². The number of hydrogen-bond donors (Lipinski definition) is 1.